The van der Waals surface area contributed by atoms with Gasteiger partial charge in [0, 0.05) is 17.1 Å². The van der Waals surface area contributed by atoms with Crippen molar-refractivity contribution in [2.75, 3.05) is 10.2 Å². The van der Waals surface area contributed by atoms with E-state index in [-0.39, 0.29) is 12.1 Å². The van der Waals surface area contributed by atoms with E-state index in [1.165, 1.54) is 0 Å². The maximum Gasteiger partial charge on any atom is 0.326 e. The number of nitrogens with one attached hydrogen (secondary N) is 1. The number of para-hydroxylation sites is 1. The molecule has 0 aliphatic carbocycles. The topological polar surface area (TPSA) is 32.3 Å². The number of carbonyl (C=O) groups excluding carboxylic acids is 1. The molecule has 0 aliphatic heterocycles. The van der Waals surface area contributed by atoms with Gasteiger partial charge in [0.25, 0.3) is 0 Å². The van der Waals surface area contributed by atoms with Gasteiger partial charge in [-0.1, -0.05) is 54.6 Å². The van der Waals surface area contributed by atoms with Crippen molar-refractivity contribution < 1.29 is 4.79 Å². The molecule has 23 heavy (non-hydrogen) atoms. The van der Waals surface area contributed by atoms with Crippen LogP contribution in [0.2, 0.25) is 0 Å². The van der Waals surface area contributed by atoms with Crippen molar-refractivity contribution in [2.24, 2.45) is 0 Å². The van der Waals surface area contributed by atoms with Crippen LogP contribution in [0.4, 0.5) is 16.2 Å². The summed E-state index contributed by atoms with van der Waals surface area (Å²) in [5.41, 5.74) is 1.72. The Morgan fingerprint density at radius 2 is 1.52 bits per heavy atom. The van der Waals surface area contributed by atoms with E-state index in [9.17, 15) is 4.79 Å². The van der Waals surface area contributed by atoms with Crippen LogP contribution in [0.15, 0.2) is 72.8 Å². The number of nitrogens with zero attached hydrogens (tertiary/aromatic N) is 1. The summed E-state index contributed by atoms with van der Waals surface area (Å²) in [7, 11) is 0. The van der Waals surface area contributed by atoms with Crippen LogP contribution < -0.4 is 10.2 Å². The monoisotopic (exact) mass is 304 g/mol. The summed E-state index contributed by atoms with van der Waals surface area (Å²) in [6.45, 7) is 4.02. The maximum absolute atomic E-state index is 12.8. The zero-order chi connectivity index (χ0) is 16.2. The van der Waals surface area contributed by atoms with E-state index in [0.717, 1.165) is 22.1 Å². The number of fused-ring (bicyclic) bond motifs is 1. The quantitative estimate of drug-likeness (QED) is 0.701. The van der Waals surface area contributed by atoms with Crippen LogP contribution in [0.5, 0.6) is 0 Å². The van der Waals surface area contributed by atoms with Crippen molar-refractivity contribution in [1.29, 1.82) is 0 Å². The van der Waals surface area contributed by atoms with Crippen LogP contribution in [-0.2, 0) is 0 Å². The summed E-state index contributed by atoms with van der Waals surface area (Å²) < 4.78 is 0. The van der Waals surface area contributed by atoms with E-state index >= 15 is 0 Å². The number of carbonyl (C=O) groups is 1. The Bertz CT molecular complexity index is 807. The number of urea groups is 1. The highest BCUT2D eigenvalue weighted by atomic mass is 16.2. The molecule has 0 saturated heterocycles. The van der Waals surface area contributed by atoms with Crippen LogP contribution >= 0.6 is 0 Å². The Morgan fingerprint density at radius 1 is 0.870 bits per heavy atom. The van der Waals surface area contributed by atoms with Crippen molar-refractivity contribution in [2.45, 2.75) is 19.9 Å². The first kappa shape index (κ1) is 15.1. The van der Waals surface area contributed by atoms with Gasteiger partial charge in [0.1, 0.15) is 0 Å². The molecule has 0 spiro atoms. The molecule has 0 unspecified atom stereocenters. The molecule has 0 aliphatic rings. The zero-order valence-electron chi connectivity index (χ0n) is 13.4. The molecule has 0 fully saturated rings. The van der Waals surface area contributed by atoms with Crippen molar-refractivity contribution in [3.8, 4) is 0 Å². The van der Waals surface area contributed by atoms with E-state index in [4.69, 9.17) is 0 Å². The molecule has 0 heterocycles. The lowest BCUT2D eigenvalue weighted by atomic mass is 10.1. The molecule has 116 valence electrons. The molecule has 2 amide bonds. The molecule has 3 aromatic carbocycles. The van der Waals surface area contributed by atoms with Crippen LogP contribution in [0.3, 0.4) is 0 Å². The summed E-state index contributed by atoms with van der Waals surface area (Å²) in [5.74, 6) is 0. The molecule has 0 aromatic heterocycles. The lowest BCUT2D eigenvalue weighted by Gasteiger charge is -2.27. The third-order valence-corrected chi connectivity index (χ3v) is 3.80. The second kappa shape index (κ2) is 6.53. The zero-order valence-corrected chi connectivity index (χ0v) is 13.4. The molecular weight excluding hydrogens is 284 g/mol. The molecule has 0 atom stereocenters. The highest BCUT2D eigenvalue weighted by molar-refractivity contribution is 6.07. The van der Waals surface area contributed by atoms with E-state index in [1.54, 1.807) is 4.90 Å². The summed E-state index contributed by atoms with van der Waals surface area (Å²) in [4.78, 5) is 14.6. The second-order valence-corrected chi connectivity index (χ2v) is 5.76. The van der Waals surface area contributed by atoms with Crippen LogP contribution in [0, 0.1) is 0 Å². The first-order valence-corrected chi connectivity index (χ1v) is 7.80. The number of rotatable bonds is 3. The van der Waals surface area contributed by atoms with Gasteiger partial charge in [0.2, 0.25) is 0 Å². The van der Waals surface area contributed by atoms with Gasteiger partial charge in [-0.15, -0.1) is 0 Å². The van der Waals surface area contributed by atoms with Crippen molar-refractivity contribution in [3.05, 3.63) is 72.8 Å². The smallest absolute Gasteiger partial charge is 0.307 e. The summed E-state index contributed by atoms with van der Waals surface area (Å²) in [6, 6.07) is 23.6. The lowest BCUT2D eigenvalue weighted by molar-refractivity contribution is 0.255. The van der Waals surface area contributed by atoms with Crippen LogP contribution in [-0.4, -0.2) is 12.1 Å². The molecule has 3 aromatic rings. The fourth-order valence-corrected chi connectivity index (χ4v) is 2.75. The van der Waals surface area contributed by atoms with E-state index in [1.807, 2.05) is 86.6 Å². The fourth-order valence-electron chi connectivity index (χ4n) is 2.75. The Balaban J connectivity index is 1.93. The minimum atomic E-state index is -0.123. The van der Waals surface area contributed by atoms with Gasteiger partial charge in [-0.2, -0.15) is 0 Å². The summed E-state index contributed by atoms with van der Waals surface area (Å²) in [6.07, 6.45) is 0. The van der Waals surface area contributed by atoms with Crippen molar-refractivity contribution >= 4 is 28.2 Å². The van der Waals surface area contributed by atoms with E-state index in [0.29, 0.717) is 0 Å². The Hall–Kier alpha value is -2.81. The molecule has 1 N–H and O–H groups in total. The average molecular weight is 304 g/mol. The maximum atomic E-state index is 12.8. The molecule has 3 heteroatoms. The standard InChI is InChI=1S/C20H20N2O/c1-15(2)22(17-11-4-3-5-12-17)20(23)21-19-14-8-10-16-9-6-7-13-18(16)19/h3-15H,1-2H3,(H,21,23). The molecule has 0 bridgehead atoms. The number of hydrogen-bond donors (Lipinski definition) is 1. The predicted molar refractivity (Wildman–Crippen MR) is 97.0 cm³/mol. The third kappa shape index (κ3) is 3.19. The molecule has 3 nitrogen and oxygen atoms in total. The minimum Gasteiger partial charge on any atom is -0.307 e. The first-order chi connectivity index (χ1) is 11.2. The minimum absolute atomic E-state index is 0.0624. The van der Waals surface area contributed by atoms with Gasteiger partial charge in [-0.25, -0.2) is 4.79 Å². The fraction of sp³-hybridized carbons (Fsp3) is 0.150. The van der Waals surface area contributed by atoms with Gasteiger partial charge in [0.05, 0.1) is 5.69 Å². The first-order valence-electron chi connectivity index (χ1n) is 7.80. The number of hydrogen-bond acceptors (Lipinski definition) is 1. The second-order valence-electron chi connectivity index (χ2n) is 5.76. The average Bonchev–Trinajstić information content (AvgIpc) is 2.56. The highest BCUT2D eigenvalue weighted by Gasteiger charge is 2.19. The highest BCUT2D eigenvalue weighted by Crippen LogP contribution is 2.24. The van der Waals surface area contributed by atoms with Gasteiger partial charge in [-0.05, 0) is 37.4 Å². The Kier molecular flexibility index (Phi) is 4.29. The van der Waals surface area contributed by atoms with Gasteiger partial charge in [-0.3, -0.25) is 4.90 Å². The largest absolute Gasteiger partial charge is 0.326 e. The lowest BCUT2D eigenvalue weighted by Crippen LogP contribution is -2.40. The Morgan fingerprint density at radius 3 is 2.26 bits per heavy atom. The summed E-state index contributed by atoms with van der Waals surface area (Å²) in [5, 5.41) is 5.21. The van der Waals surface area contributed by atoms with Gasteiger partial charge >= 0.3 is 6.03 Å². The van der Waals surface area contributed by atoms with Gasteiger partial charge < -0.3 is 5.32 Å². The summed E-state index contributed by atoms with van der Waals surface area (Å²) >= 11 is 0. The van der Waals surface area contributed by atoms with Crippen molar-refractivity contribution in [3.63, 3.8) is 0 Å². The molecular formula is C20H20N2O. The molecule has 3 rings (SSSR count). The number of anilines is 2. The SMILES string of the molecule is CC(C)N(C(=O)Nc1cccc2ccccc12)c1ccccc1. The number of benzene rings is 3. The van der Waals surface area contributed by atoms with Crippen LogP contribution in [0.1, 0.15) is 13.8 Å². The number of amides is 2. The Labute approximate surface area is 136 Å². The van der Waals surface area contributed by atoms with E-state index < -0.39 is 0 Å². The van der Waals surface area contributed by atoms with Crippen LogP contribution in [0.25, 0.3) is 10.8 Å². The van der Waals surface area contributed by atoms with E-state index in [2.05, 4.69) is 5.32 Å². The van der Waals surface area contributed by atoms with Crippen molar-refractivity contribution in [1.82, 2.24) is 0 Å². The normalized spacial score (nSPS) is 10.7. The molecule has 0 radical (unpaired) electrons. The third-order valence-electron chi connectivity index (χ3n) is 3.80. The predicted octanol–water partition coefficient (Wildman–Crippen LogP) is 5.29. The van der Waals surface area contributed by atoms with Gasteiger partial charge in [0.15, 0.2) is 0 Å². The molecule has 0 saturated carbocycles.